The van der Waals surface area contributed by atoms with Crippen LogP contribution in [0.3, 0.4) is 0 Å². The van der Waals surface area contributed by atoms with Gasteiger partial charge in [-0.1, -0.05) is 6.07 Å². The number of hydrogen-bond acceptors (Lipinski definition) is 2. The Kier molecular flexibility index (Phi) is 3.33. The lowest BCUT2D eigenvalue weighted by atomic mass is 10.2. The topological polar surface area (TPSA) is 24.9 Å². The molecule has 1 unspecified atom stereocenters. The molecule has 0 amide bonds. The number of aryl methyl sites for hydroxylation is 1. The van der Waals surface area contributed by atoms with Crippen LogP contribution in [0.15, 0.2) is 18.3 Å². The van der Waals surface area contributed by atoms with Crippen LogP contribution in [-0.2, 0) is 6.42 Å². The minimum Gasteiger partial charge on any atom is -0.303 e. The summed E-state index contributed by atoms with van der Waals surface area (Å²) in [7, 11) is 0. The number of aromatic nitrogens is 1. The summed E-state index contributed by atoms with van der Waals surface area (Å²) in [5, 5.41) is 2.47. The van der Waals surface area contributed by atoms with Crippen molar-refractivity contribution in [2.24, 2.45) is 0 Å². The lowest BCUT2D eigenvalue weighted by Gasteiger charge is -2.19. The fraction of sp³-hybridized carbons (Fsp3) is 0.545. The number of nitrogens with zero attached hydrogens (tertiary/aromatic N) is 1. The Bertz CT molecular complexity index is 395. The standard InChI is InChI=1S/C11H12F4N2/c12-10(13)11(14,15)6-17-8-4-3-7-2-1-5-16-9(7)8/h1-2,5,8,10,17H,3-4,6H2. The Balaban J connectivity index is 1.99. The highest BCUT2D eigenvalue weighted by Gasteiger charge is 2.41. The van der Waals surface area contributed by atoms with E-state index >= 15 is 0 Å². The van der Waals surface area contributed by atoms with Gasteiger partial charge in [-0.15, -0.1) is 0 Å². The van der Waals surface area contributed by atoms with Gasteiger partial charge >= 0.3 is 12.3 Å². The number of nitrogens with one attached hydrogen (secondary N) is 1. The number of rotatable bonds is 4. The molecule has 0 spiro atoms. The molecular weight excluding hydrogens is 236 g/mol. The molecule has 0 saturated heterocycles. The predicted octanol–water partition coefficient (Wildman–Crippen LogP) is 2.56. The Morgan fingerprint density at radius 1 is 1.47 bits per heavy atom. The van der Waals surface area contributed by atoms with Gasteiger partial charge in [-0.2, -0.15) is 8.78 Å². The van der Waals surface area contributed by atoms with Crippen molar-refractivity contribution in [3.8, 4) is 0 Å². The molecule has 0 radical (unpaired) electrons. The molecule has 1 aromatic rings. The minimum absolute atomic E-state index is 0.351. The van der Waals surface area contributed by atoms with Gasteiger partial charge in [0.25, 0.3) is 0 Å². The molecule has 1 atom stereocenters. The van der Waals surface area contributed by atoms with Crippen LogP contribution < -0.4 is 5.32 Å². The number of hydrogen-bond donors (Lipinski definition) is 1. The first-order valence-electron chi connectivity index (χ1n) is 5.34. The van der Waals surface area contributed by atoms with E-state index in [1.54, 1.807) is 12.3 Å². The summed E-state index contributed by atoms with van der Waals surface area (Å²) in [5.41, 5.74) is 1.68. The van der Waals surface area contributed by atoms with Crippen molar-refractivity contribution >= 4 is 0 Å². The van der Waals surface area contributed by atoms with Crippen LogP contribution in [0.25, 0.3) is 0 Å². The summed E-state index contributed by atoms with van der Waals surface area (Å²) in [5.74, 6) is -3.99. The predicted molar refractivity (Wildman–Crippen MR) is 54.3 cm³/mol. The van der Waals surface area contributed by atoms with Crippen molar-refractivity contribution in [3.05, 3.63) is 29.6 Å². The second kappa shape index (κ2) is 4.60. The van der Waals surface area contributed by atoms with Gasteiger partial charge < -0.3 is 5.32 Å². The summed E-state index contributed by atoms with van der Waals surface area (Å²) < 4.78 is 49.4. The first-order valence-corrected chi connectivity index (χ1v) is 5.34. The maximum atomic E-state index is 12.7. The first-order chi connectivity index (χ1) is 8.00. The molecule has 1 heterocycles. The molecule has 0 aliphatic heterocycles. The first kappa shape index (κ1) is 12.3. The van der Waals surface area contributed by atoms with Crippen LogP contribution in [0.4, 0.5) is 17.6 Å². The van der Waals surface area contributed by atoms with E-state index in [1.807, 2.05) is 6.07 Å². The van der Waals surface area contributed by atoms with Crippen molar-refractivity contribution in [2.45, 2.75) is 31.2 Å². The highest BCUT2D eigenvalue weighted by atomic mass is 19.3. The average molecular weight is 248 g/mol. The zero-order valence-corrected chi connectivity index (χ0v) is 8.97. The summed E-state index contributed by atoms with van der Waals surface area (Å²) in [4.78, 5) is 4.09. The van der Waals surface area contributed by atoms with Crippen LogP contribution in [0.5, 0.6) is 0 Å². The van der Waals surface area contributed by atoms with Gasteiger partial charge in [-0.25, -0.2) is 8.78 Å². The largest absolute Gasteiger partial charge is 0.319 e. The lowest BCUT2D eigenvalue weighted by Crippen LogP contribution is -2.40. The van der Waals surface area contributed by atoms with Crippen LogP contribution in [0.2, 0.25) is 0 Å². The summed E-state index contributed by atoms with van der Waals surface area (Å²) in [6.45, 7) is -1.02. The molecule has 2 nitrogen and oxygen atoms in total. The van der Waals surface area contributed by atoms with E-state index in [1.165, 1.54) is 0 Å². The number of alkyl halides is 4. The lowest BCUT2D eigenvalue weighted by molar-refractivity contribution is -0.126. The fourth-order valence-electron chi connectivity index (χ4n) is 1.95. The normalized spacial score (nSPS) is 19.7. The zero-order valence-electron chi connectivity index (χ0n) is 8.97. The third-order valence-corrected chi connectivity index (χ3v) is 2.86. The third-order valence-electron chi connectivity index (χ3n) is 2.86. The molecule has 2 rings (SSSR count). The van der Waals surface area contributed by atoms with Crippen molar-refractivity contribution in [1.82, 2.24) is 10.3 Å². The zero-order chi connectivity index (χ0) is 12.5. The number of fused-ring (bicyclic) bond motifs is 1. The van der Waals surface area contributed by atoms with Crippen LogP contribution in [0.1, 0.15) is 23.7 Å². The van der Waals surface area contributed by atoms with Crippen molar-refractivity contribution in [1.29, 1.82) is 0 Å². The molecule has 1 aromatic heterocycles. The van der Waals surface area contributed by atoms with Crippen LogP contribution in [0, 0.1) is 0 Å². The number of halogens is 4. The molecule has 0 saturated carbocycles. The maximum Gasteiger partial charge on any atom is 0.319 e. The SMILES string of the molecule is FC(F)C(F)(F)CNC1CCc2cccnc21. The van der Waals surface area contributed by atoms with E-state index in [0.717, 1.165) is 12.0 Å². The molecular formula is C11H12F4N2. The maximum absolute atomic E-state index is 12.7. The van der Waals surface area contributed by atoms with Gasteiger partial charge in [0.05, 0.1) is 18.3 Å². The van der Waals surface area contributed by atoms with Crippen LogP contribution in [-0.4, -0.2) is 23.9 Å². The summed E-state index contributed by atoms with van der Waals surface area (Å²) >= 11 is 0. The van der Waals surface area contributed by atoms with Gasteiger partial charge in [0, 0.05) is 6.20 Å². The molecule has 1 N–H and O–H groups in total. The number of pyridine rings is 1. The highest BCUT2D eigenvalue weighted by Crippen LogP contribution is 2.30. The Hall–Kier alpha value is -1.17. The van der Waals surface area contributed by atoms with Crippen molar-refractivity contribution in [3.63, 3.8) is 0 Å². The molecule has 1 aliphatic rings. The van der Waals surface area contributed by atoms with E-state index in [0.29, 0.717) is 12.1 Å². The molecule has 94 valence electrons. The third kappa shape index (κ3) is 2.57. The second-order valence-corrected chi connectivity index (χ2v) is 4.08. The molecule has 17 heavy (non-hydrogen) atoms. The van der Waals surface area contributed by atoms with Crippen molar-refractivity contribution in [2.75, 3.05) is 6.54 Å². The van der Waals surface area contributed by atoms with Gasteiger partial charge in [0.1, 0.15) is 0 Å². The van der Waals surface area contributed by atoms with Gasteiger partial charge in [-0.05, 0) is 24.5 Å². The van der Waals surface area contributed by atoms with Gasteiger partial charge in [0.15, 0.2) is 0 Å². The van der Waals surface area contributed by atoms with E-state index in [9.17, 15) is 17.6 Å². The van der Waals surface area contributed by atoms with Gasteiger partial charge in [0.2, 0.25) is 0 Å². The second-order valence-electron chi connectivity index (χ2n) is 4.08. The molecule has 0 bridgehead atoms. The summed E-state index contributed by atoms with van der Waals surface area (Å²) in [6.07, 6.45) is -0.712. The molecule has 0 aromatic carbocycles. The molecule has 6 heteroatoms. The monoisotopic (exact) mass is 248 g/mol. The Morgan fingerprint density at radius 3 is 2.94 bits per heavy atom. The smallest absolute Gasteiger partial charge is 0.303 e. The quantitative estimate of drug-likeness (QED) is 0.828. The van der Waals surface area contributed by atoms with E-state index in [2.05, 4.69) is 10.3 Å². The van der Waals surface area contributed by atoms with E-state index < -0.39 is 18.9 Å². The fourth-order valence-corrected chi connectivity index (χ4v) is 1.95. The average Bonchev–Trinajstić information content (AvgIpc) is 2.69. The van der Waals surface area contributed by atoms with Crippen molar-refractivity contribution < 1.29 is 17.6 Å². The highest BCUT2D eigenvalue weighted by molar-refractivity contribution is 5.27. The van der Waals surface area contributed by atoms with E-state index in [4.69, 9.17) is 0 Å². The van der Waals surface area contributed by atoms with E-state index in [-0.39, 0.29) is 6.04 Å². The van der Waals surface area contributed by atoms with Crippen LogP contribution >= 0.6 is 0 Å². The van der Waals surface area contributed by atoms with Gasteiger partial charge in [-0.3, -0.25) is 4.98 Å². The Labute approximate surface area is 96.0 Å². The minimum atomic E-state index is -3.99. The Morgan fingerprint density at radius 2 is 2.24 bits per heavy atom. The molecule has 0 fully saturated rings. The molecule has 1 aliphatic carbocycles. The summed E-state index contributed by atoms with van der Waals surface area (Å²) in [6, 6.07) is 3.29.